The molecule has 0 aliphatic carbocycles. The highest BCUT2D eigenvalue weighted by Gasteiger charge is 2.11. The first-order chi connectivity index (χ1) is 11.7. The second-order valence-corrected chi connectivity index (χ2v) is 5.90. The lowest BCUT2D eigenvalue weighted by atomic mass is 10.2. The van der Waals surface area contributed by atoms with Crippen molar-refractivity contribution in [3.8, 4) is 0 Å². The maximum atomic E-state index is 12.4. The van der Waals surface area contributed by atoms with Gasteiger partial charge in [-0.3, -0.25) is 15.4 Å². The van der Waals surface area contributed by atoms with Crippen molar-refractivity contribution in [3.63, 3.8) is 0 Å². The van der Waals surface area contributed by atoms with Gasteiger partial charge in [-0.2, -0.15) is 0 Å². The lowest BCUT2D eigenvalue weighted by Gasteiger charge is -2.07. The number of rotatable bonds is 4. The van der Waals surface area contributed by atoms with Gasteiger partial charge in [0, 0.05) is 11.3 Å². The lowest BCUT2D eigenvalue weighted by Crippen LogP contribution is -2.15. The van der Waals surface area contributed by atoms with E-state index < -0.39 is 6.09 Å². The highest BCUT2D eigenvalue weighted by Crippen LogP contribution is 2.25. The third-order valence-corrected chi connectivity index (χ3v) is 4.11. The molecule has 0 atom stereocenters. The van der Waals surface area contributed by atoms with Crippen LogP contribution in [0, 0.1) is 0 Å². The van der Waals surface area contributed by atoms with E-state index in [0.717, 1.165) is 10.2 Å². The van der Waals surface area contributed by atoms with Crippen molar-refractivity contribution in [2.45, 2.75) is 6.92 Å². The number of nitrogens with one attached hydrogen (secondary N) is 2. The van der Waals surface area contributed by atoms with E-state index in [0.29, 0.717) is 16.4 Å². The highest BCUT2D eigenvalue weighted by molar-refractivity contribution is 7.22. The number of para-hydroxylation sites is 1. The number of hydrogen-bond donors (Lipinski definition) is 2. The Balaban J connectivity index is 1.73. The fourth-order valence-electron chi connectivity index (χ4n) is 2.12. The molecule has 0 aliphatic rings. The van der Waals surface area contributed by atoms with Gasteiger partial charge < -0.3 is 4.74 Å². The standard InChI is InChI=1S/C17H15N3O3S/c1-2-23-17(22)18-12-7-5-6-11(10-12)15(21)20-16-19-13-8-3-4-9-14(13)24-16/h3-10H,2H2,1H3,(H,18,22)(H,19,20,21). The number of thiazole rings is 1. The zero-order valence-corrected chi connectivity index (χ0v) is 13.7. The molecule has 0 fully saturated rings. The minimum Gasteiger partial charge on any atom is -0.450 e. The summed E-state index contributed by atoms with van der Waals surface area (Å²) in [6.07, 6.45) is -0.554. The minimum absolute atomic E-state index is 0.281. The summed E-state index contributed by atoms with van der Waals surface area (Å²) in [7, 11) is 0. The number of aromatic nitrogens is 1. The summed E-state index contributed by atoms with van der Waals surface area (Å²) in [6.45, 7) is 2.01. The summed E-state index contributed by atoms with van der Waals surface area (Å²) in [6, 6.07) is 14.3. The molecule has 0 aliphatic heterocycles. The predicted molar refractivity (Wildman–Crippen MR) is 94.7 cm³/mol. The maximum Gasteiger partial charge on any atom is 0.411 e. The van der Waals surface area contributed by atoms with Gasteiger partial charge in [-0.15, -0.1) is 0 Å². The first kappa shape index (κ1) is 15.9. The number of carbonyl (C=O) groups is 2. The molecule has 3 rings (SSSR count). The van der Waals surface area contributed by atoms with Crippen molar-refractivity contribution >= 4 is 44.4 Å². The van der Waals surface area contributed by atoms with Gasteiger partial charge >= 0.3 is 6.09 Å². The van der Waals surface area contributed by atoms with E-state index in [1.165, 1.54) is 11.3 Å². The molecule has 1 aromatic heterocycles. The van der Waals surface area contributed by atoms with Crippen molar-refractivity contribution in [2.75, 3.05) is 17.2 Å². The Hall–Kier alpha value is -2.93. The van der Waals surface area contributed by atoms with Gasteiger partial charge in [-0.25, -0.2) is 9.78 Å². The maximum absolute atomic E-state index is 12.4. The predicted octanol–water partition coefficient (Wildman–Crippen LogP) is 4.12. The van der Waals surface area contributed by atoms with E-state index in [2.05, 4.69) is 15.6 Å². The third-order valence-electron chi connectivity index (χ3n) is 3.16. The van der Waals surface area contributed by atoms with Crippen molar-refractivity contribution in [3.05, 3.63) is 54.1 Å². The smallest absolute Gasteiger partial charge is 0.411 e. The number of nitrogens with zero attached hydrogens (tertiary/aromatic N) is 1. The fourth-order valence-corrected chi connectivity index (χ4v) is 2.98. The molecule has 24 heavy (non-hydrogen) atoms. The minimum atomic E-state index is -0.554. The normalized spacial score (nSPS) is 10.4. The summed E-state index contributed by atoms with van der Waals surface area (Å²) in [5, 5.41) is 5.88. The van der Waals surface area contributed by atoms with E-state index in [-0.39, 0.29) is 12.5 Å². The van der Waals surface area contributed by atoms with Gasteiger partial charge in [-0.1, -0.05) is 29.5 Å². The monoisotopic (exact) mass is 341 g/mol. The number of carbonyl (C=O) groups excluding carboxylic acids is 2. The average molecular weight is 341 g/mol. The molecular weight excluding hydrogens is 326 g/mol. The third kappa shape index (κ3) is 3.69. The molecule has 0 saturated heterocycles. The Labute approximate surface area is 142 Å². The van der Waals surface area contributed by atoms with Crippen LogP contribution in [-0.2, 0) is 4.74 Å². The van der Waals surface area contributed by atoms with Crippen molar-refractivity contribution in [1.82, 2.24) is 4.98 Å². The van der Waals surface area contributed by atoms with Crippen LogP contribution in [0.25, 0.3) is 10.2 Å². The summed E-state index contributed by atoms with van der Waals surface area (Å²) in [5.74, 6) is -0.290. The van der Waals surface area contributed by atoms with E-state index in [4.69, 9.17) is 4.74 Å². The largest absolute Gasteiger partial charge is 0.450 e. The first-order valence-corrected chi connectivity index (χ1v) is 8.18. The zero-order chi connectivity index (χ0) is 16.9. The molecule has 0 spiro atoms. The van der Waals surface area contributed by atoms with Gasteiger partial charge in [0.25, 0.3) is 5.91 Å². The van der Waals surface area contributed by atoms with Crippen LogP contribution in [-0.4, -0.2) is 23.6 Å². The fraction of sp³-hybridized carbons (Fsp3) is 0.118. The summed E-state index contributed by atoms with van der Waals surface area (Å²) >= 11 is 1.41. The number of hydrogen-bond acceptors (Lipinski definition) is 5. The van der Waals surface area contributed by atoms with Gasteiger partial charge in [-0.05, 0) is 37.3 Å². The molecule has 0 radical (unpaired) electrons. The molecule has 0 bridgehead atoms. The number of benzene rings is 2. The molecule has 2 N–H and O–H groups in total. The van der Waals surface area contributed by atoms with Crippen LogP contribution in [0.3, 0.4) is 0 Å². The Kier molecular flexibility index (Phi) is 4.72. The van der Waals surface area contributed by atoms with Crippen LogP contribution in [0.15, 0.2) is 48.5 Å². The van der Waals surface area contributed by atoms with E-state index >= 15 is 0 Å². The molecule has 122 valence electrons. The van der Waals surface area contributed by atoms with Gasteiger partial charge in [0.15, 0.2) is 5.13 Å². The molecule has 6 nitrogen and oxygen atoms in total. The average Bonchev–Trinajstić information content (AvgIpc) is 2.97. The van der Waals surface area contributed by atoms with Crippen molar-refractivity contribution in [1.29, 1.82) is 0 Å². The SMILES string of the molecule is CCOC(=O)Nc1cccc(C(=O)Nc2nc3ccccc3s2)c1. The van der Waals surface area contributed by atoms with Gasteiger partial charge in [0.1, 0.15) is 0 Å². The molecule has 1 heterocycles. The second kappa shape index (κ2) is 7.10. The summed E-state index contributed by atoms with van der Waals surface area (Å²) < 4.78 is 5.82. The molecule has 0 saturated carbocycles. The van der Waals surface area contributed by atoms with Crippen LogP contribution in [0.5, 0.6) is 0 Å². The van der Waals surface area contributed by atoms with Gasteiger partial charge in [0.2, 0.25) is 0 Å². The zero-order valence-electron chi connectivity index (χ0n) is 12.9. The van der Waals surface area contributed by atoms with Crippen LogP contribution in [0.2, 0.25) is 0 Å². The highest BCUT2D eigenvalue weighted by atomic mass is 32.1. The summed E-state index contributed by atoms with van der Waals surface area (Å²) in [5.41, 5.74) is 1.75. The number of anilines is 2. The molecular formula is C17H15N3O3S. The first-order valence-electron chi connectivity index (χ1n) is 7.36. The topological polar surface area (TPSA) is 80.3 Å². The van der Waals surface area contributed by atoms with Crippen LogP contribution in [0.1, 0.15) is 17.3 Å². The Morgan fingerprint density at radius 1 is 1.12 bits per heavy atom. The lowest BCUT2D eigenvalue weighted by molar-refractivity contribution is 0.102. The molecule has 7 heteroatoms. The van der Waals surface area contributed by atoms with Crippen molar-refractivity contribution < 1.29 is 14.3 Å². The van der Waals surface area contributed by atoms with E-state index in [1.54, 1.807) is 31.2 Å². The van der Waals surface area contributed by atoms with Crippen molar-refractivity contribution in [2.24, 2.45) is 0 Å². The van der Waals surface area contributed by atoms with E-state index in [1.807, 2.05) is 24.3 Å². The number of ether oxygens (including phenoxy) is 1. The number of amides is 2. The Morgan fingerprint density at radius 3 is 2.75 bits per heavy atom. The molecule has 3 aromatic rings. The number of fused-ring (bicyclic) bond motifs is 1. The Bertz CT molecular complexity index is 858. The Morgan fingerprint density at radius 2 is 1.96 bits per heavy atom. The second-order valence-electron chi connectivity index (χ2n) is 4.87. The molecule has 2 aromatic carbocycles. The summed E-state index contributed by atoms with van der Waals surface area (Å²) in [4.78, 5) is 28.2. The molecule has 0 unspecified atom stereocenters. The quantitative estimate of drug-likeness (QED) is 0.748. The van der Waals surface area contributed by atoms with Crippen LogP contribution < -0.4 is 10.6 Å². The van der Waals surface area contributed by atoms with Crippen LogP contribution in [0.4, 0.5) is 15.6 Å². The molecule has 2 amide bonds. The van der Waals surface area contributed by atoms with Gasteiger partial charge in [0.05, 0.1) is 16.8 Å². The van der Waals surface area contributed by atoms with E-state index in [9.17, 15) is 9.59 Å². The van der Waals surface area contributed by atoms with Crippen LogP contribution >= 0.6 is 11.3 Å².